The Hall–Kier alpha value is -1.83. The summed E-state index contributed by atoms with van der Waals surface area (Å²) in [4.78, 5) is 4.47. The molecule has 1 aromatic carbocycles. The Bertz CT molecular complexity index is 657. The predicted octanol–water partition coefficient (Wildman–Crippen LogP) is 5.07. The Kier molecular flexibility index (Phi) is 3.71. The van der Waals surface area contributed by atoms with E-state index in [1.165, 1.54) is 35.1 Å². The zero-order valence-corrected chi connectivity index (χ0v) is 13.3. The van der Waals surface area contributed by atoms with Crippen molar-refractivity contribution in [3.05, 3.63) is 47.3 Å². The summed E-state index contributed by atoms with van der Waals surface area (Å²) in [6, 6.07) is 8.83. The van der Waals surface area contributed by atoms with E-state index in [1.807, 2.05) is 13.1 Å². The minimum atomic E-state index is 0.447. The fourth-order valence-electron chi connectivity index (χ4n) is 2.87. The second-order valence-corrected chi connectivity index (χ2v) is 6.30. The van der Waals surface area contributed by atoms with Gasteiger partial charge in [0, 0.05) is 17.5 Å². The topological polar surface area (TPSA) is 22.1 Å². The van der Waals surface area contributed by atoms with Crippen molar-refractivity contribution in [2.75, 3.05) is 7.11 Å². The molecule has 0 atom stereocenters. The summed E-state index contributed by atoms with van der Waals surface area (Å²) >= 11 is 0. The molecule has 2 nitrogen and oxygen atoms in total. The Labute approximate surface area is 127 Å². The molecule has 21 heavy (non-hydrogen) atoms. The lowest BCUT2D eigenvalue weighted by Gasteiger charge is -2.17. The van der Waals surface area contributed by atoms with Crippen LogP contribution in [-0.4, -0.2) is 12.1 Å². The second kappa shape index (κ2) is 5.51. The van der Waals surface area contributed by atoms with Crippen LogP contribution in [0.2, 0.25) is 0 Å². The number of ether oxygens (including phenoxy) is 1. The summed E-state index contributed by atoms with van der Waals surface area (Å²) in [5.41, 5.74) is 6.24. The van der Waals surface area contributed by atoms with Crippen molar-refractivity contribution in [1.29, 1.82) is 0 Å². The Morgan fingerprint density at radius 3 is 2.52 bits per heavy atom. The van der Waals surface area contributed by atoms with Crippen molar-refractivity contribution in [2.24, 2.45) is 0 Å². The fraction of sp³-hybridized carbons (Fsp3) is 0.421. The molecule has 0 radical (unpaired) electrons. The van der Waals surface area contributed by atoms with E-state index in [0.29, 0.717) is 5.92 Å². The molecule has 0 aliphatic heterocycles. The van der Waals surface area contributed by atoms with Crippen LogP contribution in [0.4, 0.5) is 0 Å². The van der Waals surface area contributed by atoms with Crippen LogP contribution in [0.15, 0.2) is 30.5 Å². The molecule has 1 aliphatic rings. The largest absolute Gasteiger partial charge is 0.496 e. The van der Waals surface area contributed by atoms with Gasteiger partial charge in [-0.05, 0) is 66.5 Å². The average Bonchev–Trinajstić information content (AvgIpc) is 3.30. The van der Waals surface area contributed by atoms with E-state index in [-0.39, 0.29) is 0 Å². The van der Waals surface area contributed by atoms with Gasteiger partial charge >= 0.3 is 0 Å². The molecule has 2 heteroatoms. The molecule has 2 aromatic rings. The first-order valence-electron chi connectivity index (χ1n) is 7.75. The Morgan fingerprint density at radius 1 is 1.14 bits per heavy atom. The smallest absolute Gasteiger partial charge is 0.126 e. The molecule has 1 heterocycles. The molecule has 0 bridgehead atoms. The lowest BCUT2D eigenvalue weighted by atomic mass is 9.92. The molecular weight excluding hydrogens is 258 g/mol. The molecule has 1 fully saturated rings. The van der Waals surface area contributed by atoms with Gasteiger partial charge in [0.05, 0.1) is 7.11 Å². The monoisotopic (exact) mass is 281 g/mol. The molecule has 1 aliphatic carbocycles. The Balaban J connectivity index is 2.18. The number of hydrogen-bond acceptors (Lipinski definition) is 2. The van der Waals surface area contributed by atoms with E-state index in [2.05, 4.69) is 43.1 Å². The molecular formula is C19H23NO. The number of nitrogens with zero attached hydrogens (tertiary/aromatic N) is 1. The summed E-state index contributed by atoms with van der Waals surface area (Å²) < 4.78 is 5.61. The van der Waals surface area contributed by atoms with Gasteiger partial charge in [-0.25, -0.2) is 0 Å². The molecule has 0 spiro atoms. The zero-order valence-electron chi connectivity index (χ0n) is 13.3. The standard InChI is InChI=1S/C19H23NO/c1-12(2)18-11-20-13(3)9-16(18)17-10-15(14-5-6-14)7-8-19(17)21-4/h7-12,14H,5-6H2,1-4H3. The van der Waals surface area contributed by atoms with Gasteiger partial charge in [0.2, 0.25) is 0 Å². The predicted molar refractivity (Wildman–Crippen MR) is 87.0 cm³/mol. The highest BCUT2D eigenvalue weighted by Gasteiger charge is 2.25. The molecule has 1 aromatic heterocycles. The van der Waals surface area contributed by atoms with Crippen LogP contribution in [0.3, 0.4) is 0 Å². The summed E-state index contributed by atoms with van der Waals surface area (Å²) in [5.74, 6) is 2.15. The van der Waals surface area contributed by atoms with Crippen molar-refractivity contribution in [3.8, 4) is 16.9 Å². The van der Waals surface area contributed by atoms with E-state index in [4.69, 9.17) is 4.74 Å². The number of benzene rings is 1. The van der Waals surface area contributed by atoms with Crippen LogP contribution in [-0.2, 0) is 0 Å². The summed E-state index contributed by atoms with van der Waals surface area (Å²) in [6.45, 7) is 6.48. The molecule has 1 saturated carbocycles. The second-order valence-electron chi connectivity index (χ2n) is 6.30. The number of pyridine rings is 1. The van der Waals surface area contributed by atoms with Crippen molar-refractivity contribution < 1.29 is 4.74 Å². The molecule has 0 saturated heterocycles. The third-order valence-corrected chi connectivity index (χ3v) is 4.26. The van der Waals surface area contributed by atoms with Crippen molar-refractivity contribution >= 4 is 0 Å². The van der Waals surface area contributed by atoms with Crippen molar-refractivity contribution in [3.63, 3.8) is 0 Å². The third-order valence-electron chi connectivity index (χ3n) is 4.26. The zero-order chi connectivity index (χ0) is 15.0. The normalized spacial score (nSPS) is 14.5. The van der Waals surface area contributed by atoms with Gasteiger partial charge in [0.25, 0.3) is 0 Å². The van der Waals surface area contributed by atoms with Gasteiger partial charge in [0.1, 0.15) is 5.75 Å². The quantitative estimate of drug-likeness (QED) is 0.781. The lowest BCUT2D eigenvalue weighted by molar-refractivity contribution is 0.416. The maximum Gasteiger partial charge on any atom is 0.126 e. The SMILES string of the molecule is COc1ccc(C2CC2)cc1-c1cc(C)ncc1C(C)C. The van der Waals surface area contributed by atoms with Crippen LogP contribution < -0.4 is 4.74 Å². The van der Waals surface area contributed by atoms with Gasteiger partial charge in [0.15, 0.2) is 0 Å². The molecule has 0 unspecified atom stereocenters. The minimum Gasteiger partial charge on any atom is -0.496 e. The van der Waals surface area contributed by atoms with E-state index in [0.717, 1.165) is 17.4 Å². The van der Waals surface area contributed by atoms with Gasteiger partial charge in [-0.2, -0.15) is 0 Å². The van der Waals surface area contributed by atoms with E-state index in [1.54, 1.807) is 7.11 Å². The minimum absolute atomic E-state index is 0.447. The van der Waals surface area contributed by atoms with Crippen LogP contribution in [0, 0.1) is 6.92 Å². The van der Waals surface area contributed by atoms with Crippen LogP contribution in [0.5, 0.6) is 5.75 Å². The first-order valence-corrected chi connectivity index (χ1v) is 7.75. The highest BCUT2D eigenvalue weighted by molar-refractivity contribution is 5.75. The van der Waals surface area contributed by atoms with E-state index >= 15 is 0 Å². The third kappa shape index (κ3) is 2.80. The number of rotatable bonds is 4. The number of aromatic nitrogens is 1. The first kappa shape index (κ1) is 14.1. The average molecular weight is 281 g/mol. The number of aryl methyl sites for hydroxylation is 1. The van der Waals surface area contributed by atoms with Crippen LogP contribution in [0.25, 0.3) is 11.1 Å². The summed E-state index contributed by atoms with van der Waals surface area (Å²) in [6.07, 6.45) is 4.65. The maximum absolute atomic E-state index is 5.61. The number of hydrogen-bond donors (Lipinski definition) is 0. The van der Waals surface area contributed by atoms with Gasteiger partial charge in [-0.1, -0.05) is 19.9 Å². The van der Waals surface area contributed by atoms with Gasteiger partial charge < -0.3 is 4.74 Å². The van der Waals surface area contributed by atoms with Gasteiger partial charge in [-0.15, -0.1) is 0 Å². The molecule has 110 valence electrons. The molecule has 0 amide bonds. The van der Waals surface area contributed by atoms with Gasteiger partial charge in [-0.3, -0.25) is 4.98 Å². The van der Waals surface area contributed by atoms with E-state index in [9.17, 15) is 0 Å². The van der Waals surface area contributed by atoms with E-state index < -0.39 is 0 Å². The maximum atomic E-state index is 5.61. The molecule has 3 rings (SSSR count). The highest BCUT2D eigenvalue weighted by atomic mass is 16.5. The first-order chi connectivity index (χ1) is 10.1. The fourth-order valence-corrected chi connectivity index (χ4v) is 2.87. The van der Waals surface area contributed by atoms with Crippen molar-refractivity contribution in [2.45, 2.75) is 45.4 Å². The summed E-state index contributed by atoms with van der Waals surface area (Å²) in [5, 5.41) is 0. The Morgan fingerprint density at radius 2 is 1.90 bits per heavy atom. The summed E-state index contributed by atoms with van der Waals surface area (Å²) in [7, 11) is 1.75. The van der Waals surface area contributed by atoms with Crippen LogP contribution in [0.1, 0.15) is 55.3 Å². The lowest BCUT2D eigenvalue weighted by Crippen LogP contribution is -1.98. The highest BCUT2D eigenvalue weighted by Crippen LogP contribution is 2.44. The van der Waals surface area contributed by atoms with Crippen LogP contribution >= 0.6 is 0 Å². The van der Waals surface area contributed by atoms with Crippen molar-refractivity contribution in [1.82, 2.24) is 4.98 Å². The molecule has 0 N–H and O–H groups in total. The number of methoxy groups -OCH3 is 1.